The number of hydrogen-bond acceptors (Lipinski definition) is 4. The van der Waals surface area contributed by atoms with Gasteiger partial charge in [0.25, 0.3) is 0 Å². The van der Waals surface area contributed by atoms with Gasteiger partial charge in [-0.25, -0.2) is 0 Å². The van der Waals surface area contributed by atoms with E-state index >= 15 is 0 Å². The maximum Gasteiger partial charge on any atom is 0.247 e. The highest BCUT2D eigenvalue weighted by molar-refractivity contribution is 6.19. The molecule has 1 aliphatic heterocycles. The van der Waals surface area contributed by atoms with Crippen LogP contribution in [0.2, 0.25) is 0 Å². The molecule has 0 spiro atoms. The molecular weight excluding hydrogens is 326 g/mol. The van der Waals surface area contributed by atoms with Gasteiger partial charge in [0.1, 0.15) is 5.75 Å². The smallest absolute Gasteiger partial charge is 0.247 e. The van der Waals surface area contributed by atoms with E-state index in [2.05, 4.69) is 11.4 Å². The molecule has 1 amide bonds. The number of carbonyl (C=O) groups excluding carboxylic acids is 1. The van der Waals surface area contributed by atoms with Crippen molar-refractivity contribution in [3.8, 4) is 11.8 Å². The van der Waals surface area contributed by atoms with E-state index in [1.807, 2.05) is 38.1 Å². The Morgan fingerprint density at radius 2 is 1.92 bits per heavy atom. The van der Waals surface area contributed by atoms with Gasteiger partial charge in [0.15, 0.2) is 5.92 Å². The van der Waals surface area contributed by atoms with Crippen molar-refractivity contribution in [3.05, 3.63) is 59.7 Å². The van der Waals surface area contributed by atoms with Crippen molar-refractivity contribution in [1.82, 2.24) is 0 Å². The van der Waals surface area contributed by atoms with Crippen molar-refractivity contribution in [3.63, 3.8) is 0 Å². The normalized spacial score (nSPS) is 15.8. The summed E-state index contributed by atoms with van der Waals surface area (Å²) in [6, 6.07) is 17.0. The number of anilines is 1. The third-order valence-corrected chi connectivity index (χ3v) is 4.36. The van der Waals surface area contributed by atoms with Gasteiger partial charge in [-0.05, 0) is 50.1 Å². The first-order valence-electron chi connectivity index (χ1n) is 8.46. The van der Waals surface area contributed by atoms with Gasteiger partial charge in [-0.3, -0.25) is 9.79 Å². The average molecular weight is 347 g/mol. The standard InChI is InChI=1S/C21H21N3O2/c1-21(2)12-14-6-4-5-7-17(14)19(24-21)18(13-22)20(25)23-15-8-10-16(26-3)11-9-15/h4-11,18H,12H2,1-3H3,(H,23,25). The molecule has 0 saturated heterocycles. The third-order valence-electron chi connectivity index (χ3n) is 4.36. The largest absolute Gasteiger partial charge is 0.497 e. The highest BCUT2D eigenvalue weighted by Gasteiger charge is 2.33. The zero-order chi connectivity index (χ0) is 18.7. The number of fused-ring (bicyclic) bond motifs is 1. The van der Waals surface area contributed by atoms with Gasteiger partial charge in [-0.2, -0.15) is 5.26 Å². The molecule has 26 heavy (non-hydrogen) atoms. The van der Waals surface area contributed by atoms with Gasteiger partial charge in [0.2, 0.25) is 5.91 Å². The molecular formula is C21H21N3O2. The summed E-state index contributed by atoms with van der Waals surface area (Å²) in [5.41, 5.74) is 2.78. The summed E-state index contributed by atoms with van der Waals surface area (Å²) in [6.45, 7) is 4.03. The lowest BCUT2D eigenvalue weighted by molar-refractivity contribution is -0.116. The summed E-state index contributed by atoms with van der Waals surface area (Å²) in [5.74, 6) is -0.658. The summed E-state index contributed by atoms with van der Waals surface area (Å²) in [4.78, 5) is 17.5. The fourth-order valence-corrected chi connectivity index (χ4v) is 3.17. The van der Waals surface area contributed by atoms with Crippen molar-refractivity contribution in [2.75, 3.05) is 12.4 Å². The topological polar surface area (TPSA) is 74.5 Å². The molecule has 0 aliphatic carbocycles. The molecule has 0 aromatic heterocycles. The Morgan fingerprint density at radius 3 is 2.58 bits per heavy atom. The number of benzene rings is 2. The first kappa shape index (κ1) is 17.7. The Hall–Kier alpha value is -3.13. The molecule has 0 bridgehead atoms. The number of hydrogen-bond donors (Lipinski definition) is 1. The number of nitrogens with zero attached hydrogens (tertiary/aromatic N) is 2. The van der Waals surface area contributed by atoms with Crippen LogP contribution in [-0.4, -0.2) is 24.3 Å². The molecule has 1 heterocycles. The second kappa shape index (κ2) is 7.01. The molecule has 0 saturated carbocycles. The van der Waals surface area contributed by atoms with Gasteiger partial charge in [-0.1, -0.05) is 24.3 Å². The van der Waals surface area contributed by atoms with Crippen LogP contribution in [-0.2, 0) is 11.2 Å². The van der Waals surface area contributed by atoms with Gasteiger partial charge in [0, 0.05) is 11.3 Å². The Labute approximate surface area is 153 Å². The lowest BCUT2D eigenvalue weighted by Crippen LogP contribution is -2.36. The fourth-order valence-electron chi connectivity index (χ4n) is 3.17. The Kier molecular flexibility index (Phi) is 4.77. The molecule has 1 atom stereocenters. The number of methoxy groups -OCH3 is 1. The Morgan fingerprint density at radius 1 is 1.23 bits per heavy atom. The van der Waals surface area contributed by atoms with Crippen molar-refractivity contribution < 1.29 is 9.53 Å². The van der Waals surface area contributed by atoms with Crippen LogP contribution >= 0.6 is 0 Å². The first-order valence-corrected chi connectivity index (χ1v) is 8.46. The molecule has 0 fully saturated rings. The van der Waals surface area contributed by atoms with Crippen LogP contribution in [0.25, 0.3) is 0 Å². The van der Waals surface area contributed by atoms with Gasteiger partial charge < -0.3 is 10.1 Å². The Bertz CT molecular complexity index is 892. The van der Waals surface area contributed by atoms with Crippen LogP contribution in [0.3, 0.4) is 0 Å². The van der Waals surface area contributed by atoms with E-state index < -0.39 is 5.92 Å². The molecule has 2 aromatic rings. The van der Waals surface area contributed by atoms with E-state index in [1.54, 1.807) is 31.4 Å². The SMILES string of the molecule is COc1ccc(NC(=O)C(C#N)C2=NC(C)(C)Cc3ccccc32)cc1. The van der Waals surface area contributed by atoms with Gasteiger partial charge >= 0.3 is 0 Å². The van der Waals surface area contributed by atoms with Gasteiger partial charge in [-0.15, -0.1) is 0 Å². The number of rotatable bonds is 4. The minimum absolute atomic E-state index is 0.348. The lowest BCUT2D eigenvalue weighted by Gasteiger charge is -2.30. The number of nitrogens with one attached hydrogen (secondary N) is 1. The zero-order valence-corrected chi connectivity index (χ0v) is 15.1. The average Bonchev–Trinajstić information content (AvgIpc) is 2.62. The lowest BCUT2D eigenvalue weighted by atomic mass is 9.83. The summed E-state index contributed by atoms with van der Waals surface area (Å²) >= 11 is 0. The molecule has 1 N–H and O–H groups in total. The van der Waals surface area contributed by atoms with Crippen LogP contribution in [0.5, 0.6) is 5.75 Å². The van der Waals surface area contributed by atoms with E-state index in [-0.39, 0.29) is 11.4 Å². The quantitative estimate of drug-likeness (QED) is 0.918. The molecule has 1 aliphatic rings. The highest BCUT2D eigenvalue weighted by atomic mass is 16.5. The van der Waals surface area contributed by atoms with Gasteiger partial charge in [0.05, 0.1) is 24.4 Å². The number of carbonyl (C=O) groups is 1. The maximum absolute atomic E-state index is 12.8. The van der Waals surface area contributed by atoms with E-state index in [1.165, 1.54) is 0 Å². The summed E-state index contributed by atoms with van der Waals surface area (Å²) in [7, 11) is 1.58. The molecule has 1 unspecified atom stereocenters. The summed E-state index contributed by atoms with van der Waals surface area (Å²) in [6.07, 6.45) is 0.783. The predicted octanol–water partition coefficient (Wildman–Crippen LogP) is 3.60. The number of nitriles is 1. The molecule has 132 valence electrons. The van der Waals surface area contributed by atoms with E-state index in [0.717, 1.165) is 17.5 Å². The third kappa shape index (κ3) is 3.60. The minimum Gasteiger partial charge on any atom is -0.497 e. The minimum atomic E-state index is -0.974. The molecule has 3 rings (SSSR count). The number of amides is 1. The van der Waals surface area contributed by atoms with Crippen LogP contribution in [0.15, 0.2) is 53.5 Å². The molecule has 5 heteroatoms. The summed E-state index contributed by atoms with van der Waals surface area (Å²) < 4.78 is 5.12. The van der Waals surface area contributed by atoms with E-state index in [0.29, 0.717) is 17.1 Å². The second-order valence-electron chi connectivity index (χ2n) is 6.92. The number of ether oxygens (including phenoxy) is 1. The number of aliphatic imine (C=N–C) groups is 1. The van der Waals surface area contributed by atoms with Crippen LogP contribution in [0.4, 0.5) is 5.69 Å². The summed E-state index contributed by atoms with van der Waals surface area (Å²) in [5, 5.41) is 12.5. The van der Waals surface area contributed by atoms with E-state index in [9.17, 15) is 10.1 Å². The first-order chi connectivity index (χ1) is 12.4. The Balaban J connectivity index is 1.90. The van der Waals surface area contributed by atoms with Crippen LogP contribution < -0.4 is 10.1 Å². The van der Waals surface area contributed by atoms with Crippen molar-refractivity contribution in [2.45, 2.75) is 25.8 Å². The second-order valence-corrected chi connectivity index (χ2v) is 6.92. The van der Waals surface area contributed by atoms with E-state index in [4.69, 9.17) is 9.73 Å². The van der Waals surface area contributed by atoms with Crippen molar-refractivity contribution in [2.24, 2.45) is 10.9 Å². The molecule has 5 nitrogen and oxygen atoms in total. The van der Waals surface area contributed by atoms with Crippen LogP contribution in [0, 0.1) is 17.2 Å². The highest BCUT2D eigenvalue weighted by Crippen LogP contribution is 2.29. The van der Waals surface area contributed by atoms with Crippen molar-refractivity contribution >= 4 is 17.3 Å². The van der Waals surface area contributed by atoms with Crippen molar-refractivity contribution in [1.29, 1.82) is 5.26 Å². The maximum atomic E-state index is 12.8. The molecule has 2 aromatic carbocycles. The predicted molar refractivity (Wildman–Crippen MR) is 101 cm³/mol. The molecule has 0 radical (unpaired) electrons. The fraction of sp³-hybridized carbons (Fsp3) is 0.286. The monoisotopic (exact) mass is 347 g/mol. The van der Waals surface area contributed by atoms with Crippen LogP contribution in [0.1, 0.15) is 25.0 Å². The zero-order valence-electron chi connectivity index (χ0n) is 15.1.